The zero-order valence-electron chi connectivity index (χ0n) is 9.78. The molecule has 0 aliphatic rings. The van der Waals surface area contributed by atoms with Crippen molar-refractivity contribution in [1.82, 2.24) is 0 Å². The van der Waals surface area contributed by atoms with Crippen molar-refractivity contribution in [3.05, 3.63) is 0 Å². The highest BCUT2D eigenvalue weighted by molar-refractivity contribution is 5.92. The molecule has 1 atom stereocenters. The summed E-state index contributed by atoms with van der Waals surface area (Å²) in [6, 6.07) is 0. The molecule has 0 aromatic rings. The van der Waals surface area contributed by atoms with Crippen LogP contribution in [0.1, 0.15) is 40.5 Å². The molecule has 16 heavy (non-hydrogen) atoms. The van der Waals surface area contributed by atoms with Crippen LogP contribution in [0.15, 0.2) is 0 Å². The van der Waals surface area contributed by atoms with E-state index < -0.39 is 17.9 Å². The number of aliphatic carboxylic acids is 2. The van der Waals surface area contributed by atoms with Gasteiger partial charge in [-0.05, 0) is 17.8 Å². The Balaban J connectivity index is 0. The maximum atomic E-state index is 10.8. The van der Waals surface area contributed by atoms with Gasteiger partial charge in [0.1, 0.15) is 0 Å². The topological polar surface area (TPSA) is 74.6 Å². The van der Waals surface area contributed by atoms with Crippen LogP contribution in [0.2, 0.25) is 0 Å². The van der Waals surface area contributed by atoms with E-state index in [1.807, 2.05) is 27.7 Å². The molecular formula is C11H22MgO4. The van der Waals surface area contributed by atoms with Gasteiger partial charge in [0.25, 0.3) is 0 Å². The average Bonchev–Trinajstić information content (AvgIpc) is 2.12. The van der Waals surface area contributed by atoms with Crippen LogP contribution < -0.4 is 0 Å². The summed E-state index contributed by atoms with van der Waals surface area (Å²) in [5, 5.41) is 17.6. The van der Waals surface area contributed by atoms with Crippen molar-refractivity contribution in [3.8, 4) is 0 Å². The molecule has 1 unspecified atom stereocenters. The lowest BCUT2D eigenvalue weighted by molar-refractivity contribution is -0.156. The fourth-order valence-corrected chi connectivity index (χ4v) is 1.53. The Labute approximate surface area is 113 Å². The summed E-state index contributed by atoms with van der Waals surface area (Å²) in [6.45, 7) is 7.88. The molecule has 4 nitrogen and oxygen atoms in total. The molecular weight excluding hydrogens is 220 g/mol. The second-order valence-corrected chi connectivity index (χ2v) is 4.60. The lowest BCUT2D eigenvalue weighted by Crippen LogP contribution is -2.33. The van der Waals surface area contributed by atoms with Crippen LogP contribution in [0.4, 0.5) is 0 Å². The molecule has 0 fully saturated rings. The van der Waals surface area contributed by atoms with Crippen molar-refractivity contribution in [2.75, 3.05) is 0 Å². The Morgan fingerprint density at radius 1 is 1.19 bits per heavy atom. The van der Waals surface area contributed by atoms with Crippen molar-refractivity contribution in [3.63, 3.8) is 0 Å². The van der Waals surface area contributed by atoms with Crippen LogP contribution in [-0.4, -0.2) is 45.2 Å². The van der Waals surface area contributed by atoms with Gasteiger partial charge in [0.2, 0.25) is 0 Å². The Morgan fingerprint density at radius 3 is 1.75 bits per heavy atom. The molecule has 0 saturated carbocycles. The molecule has 0 spiro atoms. The second kappa shape index (κ2) is 7.11. The number of hydrogen-bond acceptors (Lipinski definition) is 2. The highest BCUT2D eigenvalue weighted by Gasteiger charge is 2.36. The summed E-state index contributed by atoms with van der Waals surface area (Å²) < 4.78 is 0. The van der Waals surface area contributed by atoms with E-state index in [2.05, 4.69) is 0 Å². The van der Waals surface area contributed by atoms with Crippen LogP contribution in [0.3, 0.4) is 0 Å². The molecule has 2 N–H and O–H groups in total. The van der Waals surface area contributed by atoms with Gasteiger partial charge in [-0.2, -0.15) is 0 Å². The van der Waals surface area contributed by atoms with E-state index in [9.17, 15) is 9.59 Å². The Hall–Kier alpha value is -0.294. The number of rotatable bonds is 6. The van der Waals surface area contributed by atoms with Gasteiger partial charge in [0.05, 0.1) is 0 Å². The minimum atomic E-state index is -1.29. The van der Waals surface area contributed by atoms with Crippen LogP contribution in [0, 0.1) is 17.3 Å². The predicted molar refractivity (Wildman–Crippen MR) is 65.2 cm³/mol. The van der Waals surface area contributed by atoms with Crippen molar-refractivity contribution < 1.29 is 19.8 Å². The Morgan fingerprint density at radius 2 is 1.56 bits per heavy atom. The zero-order chi connectivity index (χ0) is 12.2. The lowest BCUT2D eigenvalue weighted by Gasteiger charge is -2.34. The third-order valence-electron chi connectivity index (χ3n) is 3.47. The van der Waals surface area contributed by atoms with Gasteiger partial charge in [-0.1, -0.05) is 34.1 Å². The van der Waals surface area contributed by atoms with Gasteiger partial charge in [0.15, 0.2) is 5.92 Å². The van der Waals surface area contributed by atoms with Crippen LogP contribution in [0.25, 0.3) is 0 Å². The minimum absolute atomic E-state index is 0. The molecule has 0 saturated heterocycles. The molecule has 5 heteroatoms. The first-order valence-electron chi connectivity index (χ1n) is 5.20. The van der Waals surface area contributed by atoms with E-state index in [0.717, 1.165) is 6.42 Å². The lowest BCUT2D eigenvalue weighted by atomic mass is 9.71. The molecule has 0 bridgehead atoms. The van der Waals surface area contributed by atoms with Crippen LogP contribution in [0.5, 0.6) is 0 Å². The van der Waals surface area contributed by atoms with Crippen LogP contribution in [-0.2, 0) is 9.59 Å². The fraction of sp³-hybridized carbons (Fsp3) is 0.818. The van der Waals surface area contributed by atoms with E-state index in [0.29, 0.717) is 0 Å². The smallest absolute Gasteiger partial charge is 0.317 e. The Bertz CT molecular complexity index is 238. The summed E-state index contributed by atoms with van der Waals surface area (Å²) in [5.41, 5.74) is -0.235. The normalized spacial score (nSPS) is 14.4. The van der Waals surface area contributed by atoms with Gasteiger partial charge >= 0.3 is 35.0 Å². The molecule has 0 rings (SSSR count). The van der Waals surface area contributed by atoms with Crippen molar-refractivity contribution in [2.45, 2.75) is 40.5 Å². The minimum Gasteiger partial charge on any atom is -0.481 e. The van der Waals surface area contributed by atoms with Gasteiger partial charge < -0.3 is 10.2 Å². The highest BCUT2D eigenvalue weighted by atomic mass is 24.3. The molecule has 92 valence electrons. The quantitative estimate of drug-likeness (QED) is 0.544. The summed E-state index contributed by atoms with van der Waals surface area (Å²) in [4.78, 5) is 21.6. The summed E-state index contributed by atoms with van der Waals surface area (Å²) in [7, 11) is 0. The van der Waals surface area contributed by atoms with Crippen molar-refractivity contribution in [1.29, 1.82) is 0 Å². The van der Waals surface area contributed by atoms with Gasteiger partial charge in [-0.15, -0.1) is 0 Å². The first-order valence-corrected chi connectivity index (χ1v) is 5.20. The third kappa shape index (κ3) is 4.70. The maximum absolute atomic E-state index is 10.8. The molecule has 0 aliphatic carbocycles. The molecule has 0 heterocycles. The molecule has 0 radical (unpaired) electrons. The Kier molecular flexibility index (Phi) is 8.04. The summed E-state index contributed by atoms with van der Waals surface area (Å²) >= 11 is 0. The molecule has 0 amide bonds. The molecule has 0 aromatic carbocycles. The number of hydrogen-bond donors (Lipinski definition) is 2. The third-order valence-corrected chi connectivity index (χ3v) is 3.47. The highest BCUT2D eigenvalue weighted by Crippen LogP contribution is 2.37. The second-order valence-electron chi connectivity index (χ2n) is 4.60. The zero-order valence-corrected chi connectivity index (χ0v) is 9.78. The van der Waals surface area contributed by atoms with Gasteiger partial charge in [-0.25, -0.2) is 0 Å². The molecule has 0 aromatic heterocycles. The van der Waals surface area contributed by atoms with E-state index in [4.69, 9.17) is 10.2 Å². The summed E-state index contributed by atoms with van der Waals surface area (Å²) in [6.07, 6.45) is 0.966. The van der Waals surface area contributed by atoms with Crippen molar-refractivity contribution in [2.24, 2.45) is 17.3 Å². The van der Waals surface area contributed by atoms with E-state index in [1.165, 1.54) is 0 Å². The predicted octanol–water partition coefficient (Wildman–Crippen LogP) is 1.32. The van der Waals surface area contributed by atoms with Crippen molar-refractivity contribution >= 4 is 35.0 Å². The average molecular weight is 243 g/mol. The SMILES string of the molecule is CCC(C)(CC(C(=O)O)C(=O)O)C(C)C.[MgH2]. The largest absolute Gasteiger partial charge is 0.481 e. The van der Waals surface area contributed by atoms with Gasteiger partial charge in [0, 0.05) is 0 Å². The van der Waals surface area contributed by atoms with E-state index in [1.54, 1.807) is 0 Å². The molecule has 0 aliphatic heterocycles. The van der Waals surface area contributed by atoms with E-state index >= 15 is 0 Å². The van der Waals surface area contributed by atoms with Gasteiger partial charge in [-0.3, -0.25) is 9.59 Å². The number of carbonyl (C=O) groups is 2. The first kappa shape index (κ1) is 18.1. The van der Waals surface area contributed by atoms with E-state index in [-0.39, 0.29) is 40.8 Å². The standard InChI is InChI=1S/C11H20O4.Mg.2H/c1-5-11(4,7(2)3)6-8(9(12)13)10(14)15;;;/h7-8H,5-6H2,1-4H3,(H,12,13)(H,14,15);;;. The maximum Gasteiger partial charge on any atom is 0.317 e. The first-order chi connectivity index (χ1) is 6.74. The number of carboxylic acids is 2. The number of carboxylic acid groups (broad SMARTS) is 2. The summed E-state index contributed by atoms with van der Waals surface area (Å²) in [5.74, 6) is -3.52. The van der Waals surface area contributed by atoms with Crippen LogP contribution >= 0.6 is 0 Å². The fourth-order valence-electron chi connectivity index (χ4n) is 1.53. The monoisotopic (exact) mass is 242 g/mol.